The SMILES string of the molecule is C=C1C(C)C2CC(C)C1C2. The third-order valence-electron chi connectivity index (χ3n) is 3.69. The van der Waals surface area contributed by atoms with Gasteiger partial charge >= 0.3 is 0 Å². The second-order valence-corrected chi connectivity index (χ2v) is 4.18. The van der Waals surface area contributed by atoms with Gasteiger partial charge in [-0.15, -0.1) is 0 Å². The van der Waals surface area contributed by atoms with Crippen LogP contribution in [0.1, 0.15) is 26.7 Å². The van der Waals surface area contributed by atoms with Crippen LogP contribution in [0.25, 0.3) is 0 Å². The van der Waals surface area contributed by atoms with Crippen LogP contribution in [0.3, 0.4) is 0 Å². The zero-order valence-corrected chi connectivity index (χ0v) is 6.93. The van der Waals surface area contributed by atoms with E-state index in [0.717, 1.165) is 23.7 Å². The lowest BCUT2D eigenvalue weighted by Crippen LogP contribution is -2.15. The van der Waals surface area contributed by atoms with E-state index in [1.807, 2.05) is 0 Å². The van der Waals surface area contributed by atoms with Crippen molar-refractivity contribution >= 4 is 0 Å². The Morgan fingerprint density at radius 2 is 2.00 bits per heavy atom. The van der Waals surface area contributed by atoms with Gasteiger partial charge in [-0.05, 0) is 36.5 Å². The summed E-state index contributed by atoms with van der Waals surface area (Å²) in [6.07, 6.45) is 2.91. The minimum absolute atomic E-state index is 0.834. The Morgan fingerprint density at radius 3 is 2.40 bits per heavy atom. The molecule has 4 atom stereocenters. The minimum atomic E-state index is 0.834. The van der Waals surface area contributed by atoms with E-state index in [1.165, 1.54) is 12.8 Å². The molecule has 10 heavy (non-hydrogen) atoms. The Labute approximate surface area is 63.3 Å². The minimum Gasteiger partial charge on any atom is -0.0993 e. The van der Waals surface area contributed by atoms with Gasteiger partial charge in [-0.1, -0.05) is 26.0 Å². The highest BCUT2D eigenvalue weighted by Gasteiger charge is 2.44. The Balaban J connectivity index is 2.24. The maximum absolute atomic E-state index is 4.17. The largest absolute Gasteiger partial charge is 0.0993 e. The van der Waals surface area contributed by atoms with Gasteiger partial charge in [0.1, 0.15) is 0 Å². The summed E-state index contributed by atoms with van der Waals surface area (Å²) in [4.78, 5) is 0. The maximum Gasteiger partial charge on any atom is -0.0174 e. The van der Waals surface area contributed by atoms with Crippen molar-refractivity contribution in [2.45, 2.75) is 26.7 Å². The summed E-state index contributed by atoms with van der Waals surface area (Å²) in [5.74, 6) is 3.65. The number of fused-ring (bicyclic) bond motifs is 2. The van der Waals surface area contributed by atoms with Gasteiger partial charge in [-0.25, -0.2) is 0 Å². The lowest BCUT2D eigenvalue weighted by molar-refractivity contribution is 0.366. The molecule has 0 aromatic carbocycles. The first kappa shape index (κ1) is 6.45. The monoisotopic (exact) mass is 136 g/mol. The Kier molecular flexibility index (Phi) is 1.21. The van der Waals surface area contributed by atoms with Crippen LogP contribution in [0.5, 0.6) is 0 Å². The van der Waals surface area contributed by atoms with Gasteiger partial charge in [0.05, 0.1) is 0 Å². The molecule has 0 radical (unpaired) electrons. The molecule has 2 fully saturated rings. The van der Waals surface area contributed by atoms with E-state index in [1.54, 1.807) is 5.57 Å². The fraction of sp³-hybridized carbons (Fsp3) is 0.800. The summed E-state index contributed by atoms with van der Waals surface area (Å²) in [6.45, 7) is 8.89. The average Bonchev–Trinajstić information content (AvgIpc) is 2.36. The Hall–Kier alpha value is -0.260. The molecular formula is C10H16. The first-order valence-corrected chi connectivity index (χ1v) is 4.39. The predicted octanol–water partition coefficient (Wildman–Crippen LogP) is 2.85. The highest BCUT2D eigenvalue weighted by Crippen LogP contribution is 2.53. The van der Waals surface area contributed by atoms with Gasteiger partial charge in [0.2, 0.25) is 0 Å². The summed E-state index contributed by atoms with van der Waals surface area (Å²) in [5.41, 5.74) is 1.55. The van der Waals surface area contributed by atoms with Crippen molar-refractivity contribution in [3.05, 3.63) is 12.2 Å². The molecule has 2 aliphatic rings. The van der Waals surface area contributed by atoms with Crippen LogP contribution in [-0.2, 0) is 0 Å². The fourth-order valence-corrected chi connectivity index (χ4v) is 2.86. The third-order valence-corrected chi connectivity index (χ3v) is 3.69. The van der Waals surface area contributed by atoms with E-state index >= 15 is 0 Å². The topological polar surface area (TPSA) is 0 Å². The van der Waals surface area contributed by atoms with E-state index in [4.69, 9.17) is 0 Å². The van der Waals surface area contributed by atoms with Gasteiger partial charge in [0.15, 0.2) is 0 Å². The van der Waals surface area contributed by atoms with Gasteiger partial charge < -0.3 is 0 Å². The van der Waals surface area contributed by atoms with Crippen molar-refractivity contribution < 1.29 is 0 Å². The molecule has 56 valence electrons. The van der Waals surface area contributed by atoms with Gasteiger partial charge in [0, 0.05) is 0 Å². The van der Waals surface area contributed by atoms with Gasteiger partial charge in [-0.3, -0.25) is 0 Å². The van der Waals surface area contributed by atoms with Crippen molar-refractivity contribution in [2.75, 3.05) is 0 Å². The molecule has 2 rings (SSSR count). The van der Waals surface area contributed by atoms with Crippen molar-refractivity contribution in [1.29, 1.82) is 0 Å². The van der Waals surface area contributed by atoms with Crippen LogP contribution in [0, 0.1) is 23.7 Å². The number of allylic oxidation sites excluding steroid dienone is 1. The highest BCUT2D eigenvalue weighted by molar-refractivity contribution is 5.18. The van der Waals surface area contributed by atoms with Gasteiger partial charge in [0.25, 0.3) is 0 Å². The van der Waals surface area contributed by atoms with Crippen molar-refractivity contribution in [3.63, 3.8) is 0 Å². The fourth-order valence-electron chi connectivity index (χ4n) is 2.86. The first-order chi connectivity index (χ1) is 4.70. The predicted molar refractivity (Wildman–Crippen MR) is 43.7 cm³/mol. The maximum atomic E-state index is 4.17. The van der Waals surface area contributed by atoms with E-state index in [2.05, 4.69) is 20.4 Å². The molecule has 0 saturated heterocycles. The number of hydrogen-bond acceptors (Lipinski definition) is 0. The molecule has 2 aliphatic carbocycles. The summed E-state index contributed by atoms with van der Waals surface area (Å²) < 4.78 is 0. The molecule has 0 aromatic rings. The van der Waals surface area contributed by atoms with Crippen LogP contribution in [0.15, 0.2) is 12.2 Å². The number of hydrogen-bond donors (Lipinski definition) is 0. The summed E-state index contributed by atoms with van der Waals surface area (Å²) >= 11 is 0. The molecule has 0 spiro atoms. The number of rotatable bonds is 0. The van der Waals surface area contributed by atoms with E-state index in [-0.39, 0.29) is 0 Å². The Morgan fingerprint density at radius 1 is 1.30 bits per heavy atom. The second-order valence-electron chi connectivity index (χ2n) is 4.18. The van der Waals surface area contributed by atoms with Crippen LogP contribution >= 0.6 is 0 Å². The molecule has 2 bridgehead atoms. The summed E-state index contributed by atoms with van der Waals surface area (Å²) in [5, 5.41) is 0. The van der Waals surface area contributed by atoms with E-state index in [9.17, 15) is 0 Å². The highest BCUT2D eigenvalue weighted by atomic mass is 14.5. The smallest absolute Gasteiger partial charge is 0.0174 e. The van der Waals surface area contributed by atoms with E-state index in [0.29, 0.717) is 0 Å². The normalized spacial score (nSPS) is 52.4. The van der Waals surface area contributed by atoms with E-state index < -0.39 is 0 Å². The van der Waals surface area contributed by atoms with Crippen LogP contribution in [0.2, 0.25) is 0 Å². The molecule has 0 heteroatoms. The second kappa shape index (κ2) is 1.87. The lowest BCUT2D eigenvalue weighted by Gasteiger charge is -2.24. The molecule has 2 saturated carbocycles. The zero-order valence-electron chi connectivity index (χ0n) is 6.93. The summed E-state index contributed by atoms with van der Waals surface area (Å²) in [7, 11) is 0. The lowest BCUT2D eigenvalue weighted by atomic mass is 9.81. The van der Waals surface area contributed by atoms with Gasteiger partial charge in [-0.2, -0.15) is 0 Å². The standard InChI is InChI=1S/C10H16/c1-6-4-9-5-10(6)8(3)7(9)2/h6-7,9-10H,3-5H2,1-2H3. The average molecular weight is 136 g/mol. The molecular weight excluding hydrogens is 120 g/mol. The molecule has 4 unspecified atom stereocenters. The molecule has 0 amide bonds. The van der Waals surface area contributed by atoms with Crippen molar-refractivity contribution in [3.8, 4) is 0 Å². The third kappa shape index (κ3) is 0.624. The molecule has 0 nitrogen and oxygen atoms in total. The molecule has 0 aliphatic heterocycles. The van der Waals surface area contributed by atoms with Crippen molar-refractivity contribution in [1.82, 2.24) is 0 Å². The molecule has 0 heterocycles. The summed E-state index contributed by atoms with van der Waals surface area (Å²) in [6, 6.07) is 0. The van der Waals surface area contributed by atoms with Crippen LogP contribution in [0.4, 0.5) is 0 Å². The molecule has 0 N–H and O–H groups in total. The Bertz CT molecular complexity index is 169. The zero-order chi connectivity index (χ0) is 7.30. The molecule has 0 aromatic heterocycles. The van der Waals surface area contributed by atoms with Crippen LogP contribution < -0.4 is 0 Å². The quantitative estimate of drug-likeness (QED) is 0.449. The van der Waals surface area contributed by atoms with Crippen molar-refractivity contribution in [2.24, 2.45) is 23.7 Å². The first-order valence-electron chi connectivity index (χ1n) is 4.39. The van der Waals surface area contributed by atoms with Crippen LogP contribution in [-0.4, -0.2) is 0 Å².